The zero-order valence-electron chi connectivity index (χ0n) is 10.1. The highest BCUT2D eigenvalue weighted by atomic mass is 79.9. The summed E-state index contributed by atoms with van der Waals surface area (Å²) in [5, 5.41) is 0. The molecule has 0 bridgehead atoms. The van der Waals surface area contributed by atoms with Crippen molar-refractivity contribution < 1.29 is 0 Å². The zero-order chi connectivity index (χ0) is 11.4. The molecule has 1 rings (SSSR count). The van der Waals surface area contributed by atoms with Crippen LogP contribution in [0.15, 0.2) is 24.3 Å². The van der Waals surface area contributed by atoms with Gasteiger partial charge in [0.2, 0.25) is 0 Å². The Morgan fingerprint density at radius 2 is 1.60 bits per heavy atom. The summed E-state index contributed by atoms with van der Waals surface area (Å²) < 4.78 is 0. The van der Waals surface area contributed by atoms with Crippen LogP contribution in [-0.4, -0.2) is 4.83 Å². The van der Waals surface area contributed by atoms with Crippen molar-refractivity contribution in [3.05, 3.63) is 35.4 Å². The summed E-state index contributed by atoms with van der Waals surface area (Å²) in [6.07, 6.45) is 1.12. The number of rotatable bonds is 4. The van der Waals surface area contributed by atoms with E-state index in [1.54, 1.807) is 0 Å². The van der Waals surface area contributed by atoms with E-state index in [0.717, 1.165) is 12.3 Å². The SMILES string of the molecule is Cc1ccc(CC(Br)C(C)C(C)C)cc1. The van der Waals surface area contributed by atoms with Crippen LogP contribution < -0.4 is 0 Å². The van der Waals surface area contributed by atoms with Gasteiger partial charge in [-0.1, -0.05) is 66.5 Å². The molecule has 2 atom stereocenters. The summed E-state index contributed by atoms with van der Waals surface area (Å²) >= 11 is 3.80. The molecule has 0 aliphatic heterocycles. The van der Waals surface area contributed by atoms with Crippen LogP contribution in [0.2, 0.25) is 0 Å². The van der Waals surface area contributed by atoms with E-state index in [1.807, 2.05) is 0 Å². The van der Waals surface area contributed by atoms with Gasteiger partial charge in [0.25, 0.3) is 0 Å². The third kappa shape index (κ3) is 3.98. The van der Waals surface area contributed by atoms with Crippen molar-refractivity contribution in [2.75, 3.05) is 0 Å². The molecular weight excluding hydrogens is 248 g/mol. The van der Waals surface area contributed by atoms with Crippen LogP contribution in [0.3, 0.4) is 0 Å². The Bertz CT molecular complexity index is 287. The van der Waals surface area contributed by atoms with Crippen molar-refractivity contribution >= 4 is 15.9 Å². The lowest BCUT2D eigenvalue weighted by Crippen LogP contribution is -2.19. The molecule has 0 heterocycles. The van der Waals surface area contributed by atoms with Gasteiger partial charge in [-0.3, -0.25) is 0 Å². The molecule has 0 saturated heterocycles. The Kier molecular flexibility index (Phi) is 4.85. The van der Waals surface area contributed by atoms with Gasteiger partial charge in [0.15, 0.2) is 0 Å². The molecule has 0 fully saturated rings. The second kappa shape index (κ2) is 5.69. The van der Waals surface area contributed by atoms with Crippen molar-refractivity contribution in [2.45, 2.75) is 38.9 Å². The maximum Gasteiger partial charge on any atom is 0.0214 e. The second-order valence-corrected chi connectivity index (χ2v) is 5.98. The molecule has 0 aliphatic carbocycles. The van der Waals surface area contributed by atoms with Gasteiger partial charge in [-0.05, 0) is 30.7 Å². The lowest BCUT2D eigenvalue weighted by Gasteiger charge is -2.21. The molecule has 0 N–H and O–H groups in total. The fraction of sp³-hybridized carbons (Fsp3) is 0.571. The van der Waals surface area contributed by atoms with Crippen LogP contribution >= 0.6 is 15.9 Å². The smallest absolute Gasteiger partial charge is 0.0214 e. The van der Waals surface area contributed by atoms with E-state index < -0.39 is 0 Å². The summed E-state index contributed by atoms with van der Waals surface area (Å²) in [6.45, 7) is 9.02. The van der Waals surface area contributed by atoms with Crippen LogP contribution in [0.5, 0.6) is 0 Å². The van der Waals surface area contributed by atoms with Crippen molar-refractivity contribution in [1.82, 2.24) is 0 Å². The topological polar surface area (TPSA) is 0 Å². The van der Waals surface area contributed by atoms with Gasteiger partial charge in [-0.2, -0.15) is 0 Å². The Balaban J connectivity index is 2.58. The highest BCUT2D eigenvalue weighted by molar-refractivity contribution is 9.09. The Labute approximate surface area is 102 Å². The molecule has 0 aromatic heterocycles. The minimum Gasteiger partial charge on any atom is -0.0884 e. The van der Waals surface area contributed by atoms with Gasteiger partial charge in [0, 0.05) is 4.83 Å². The maximum absolute atomic E-state index is 3.80. The minimum atomic E-state index is 0.584. The van der Waals surface area contributed by atoms with Crippen molar-refractivity contribution in [1.29, 1.82) is 0 Å². The molecule has 84 valence electrons. The highest BCUT2D eigenvalue weighted by Gasteiger charge is 2.17. The molecule has 0 radical (unpaired) electrons. The van der Waals surface area contributed by atoms with Crippen LogP contribution in [0.1, 0.15) is 31.9 Å². The maximum atomic E-state index is 3.80. The Morgan fingerprint density at radius 3 is 2.07 bits per heavy atom. The van der Waals surface area contributed by atoms with Gasteiger partial charge in [-0.15, -0.1) is 0 Å². The van der Waals surface area contributed by atoms with Crippen LogP contribution in [0.25, 0.3) is 0 Å². The van der Waals surface area contributed by atoms with Crippen molar-refractivity contribution in [3.63, 3.8) is 0 Å². The molecule has 0 nitrogen and oxygen atoms in total. The first-order valence-corrected chi connectivity index (χ1v) is 6.62. The molecular formula is C14H21Br. The first-order valence-electron chi connectivity index (χ1n) is 5.70. The molecule has 1 heteroatoms. The van der Waals surface area contributed by atoms with E-state index in [-0.39, 0.29) is 0 Å². The number of halogens is 1. The number of hydrogen-bond donors (Lipinski definition) is 0. The quantitative estimate of drug-likeness (QED) is 0.701. The molecule has 0 spiro atoms. The fourth-order valence-corrected chi connectivity index (χ4v) is 2.54. The van der Waals surface area contributed by atoms with Crippen LogP contribution in [-0.2, 0) is 6.42 Å². The van der Waals surface area contributed by atoms with Gasteiger partial charge >= 0.3 is 0 Å². The normalized spacial score (nSPS) is 15.3. The van der Waals surface area contributed by atoms with E-state index in [4.69, 9.17) is 0 Å². The molecule has 2 unspecified atom stereocenters. The largest absolute Gasteiger partial charge is 0.0884 e. The van der Waals surface area contributed by atoms with E-state index in [1.165, 1.54) is 11.1 Å². The monoisotopic (exact) mass is 268 g/mol. The summed E-state index contributed by atoms with van der Waals surface area (Å²) in [4.78, 5) is 0.584. The lowest BCUT2D eigenvalue weighted by atomic mass is 9.91. The third-order valence-corrected chi connectivity index (χ3v) is 4.33. The third-order valence-electron chi connectivity index (χ3n) is 3.17. The van der Waals surface area contributed by atoms with Gasteiger partial charge < -0.3 is 0 Å². The predicted molar refractivity (Wildman–Crippen MR) is 71.6 cm³/mol. The summed E-state index contributed by atoms with van der Waals surface area (Å²) in [5.41, 5.74) is 2.76. The Morgan fingerprint density at radius 1 is 1.07 bits per heavy atom. The summed E-state index contributed by atoms with van der Waals surface area (Å²) in [6, 6.07) is 8.84. The minimum absolute atomic E-state index is 0.584. The lowest BCUT2D eigenvalue weighted by molar-refractivity contribution is 0.407. The van der Waals surface area contributed by atoms with E-state index >= 15 is 0 Å². The average Bonchev–Trinajstić information content (AvgIpc) is 2.20. The van der Waals surface area contributed by atoms with E-state index in [9.17, 15) is 0 Å². The number of hydrogen-bond acceptors (Lipinski definition) is 0. The molecule has 0 amide bonds. The molecule has 0 aliphatic rings. The van der Waals surface area contributed by atoms with Gasteiger partial charge in [0.1, 0.15) is 0 Å². The summed E-state index contributed by atoms with van der Waals surface area (Å²) in [5.74, 6) is 1.45. The summed E-state index contributed by atoms with van der Waals surface area (Å²) in [7, 11) is 0. The van der Waals surface area contributed by atoms with Crippen molar-refractivity contribution in [2.24, 2.45) is 11.8 Å². The van der Waals surface area contributed by atoms with E-state index in [0.29, 0.717) is 10.7 Å². The van der Waals surface area contributed by atoms with Crippen LogP contribution in [0, 0.1) is 18.8 Å². The first-order chi connectivity index (χ1) is 7.00. The standard InChI is InChI=1S/C14H21Br/c1-10(2)12(4)14(15)9-13-7-5-11(3)6-8-13/h5-8,10,12,14H,9H2,1-4H3. The van der Waals surface area contributed by atoms with Gasteiger partial charge in [0.05, 0.1) is 0 Å². The fourth-order valence-electron chi connectivity index (χ4n) is 1.55. The number of alkyl halides is 1. The zero-order valence-corrected chi connectivity index (χ0v) is 11.7. The average molecular weight is 269 g/mol. The molecule has 1 aromatic rings. The Hall–Kier alpha value is -0.300. The molecule has 1 aromatic carbocycles. The second-order valence-electron chi connectivity index (χ2n) is 4.81. The van der Waals surface area contributed by atoms with Crippen molar-refractivity contribution in [3.8, 4) is 0 Å². The van der Waals surface area contributed by atoms with Crippen LogP contribution in [0.4, 0.5) is 0 Å². The molecule has 15 heavy (non-hydrogen) atoms. The number of aryl methyl sites for hydroxylation is 1. The first kappa shape index (κ1) is 12.8. The van der Waals surface area contributed by atoms with Gasteiger partial charge in [-0.25, -0.2) is 0 Å². The molecule has 0 saturated carbocycles. The van der Waals surface area contributed by atoms with E-state index in [2.05, 4.69) is 67.9 Å². The predicted octanol–water partition coefficient (Wildman–Crippen LogP) is 4.59. The highest BCUT2D eigenvalue weighted by Crippen LogP contribution is 2.24. The number of benzene rings is 1.